The monoisotopic (exact) mass is 382 g/mol. The molecule has 2 aromatic rings. The van der Waals surface area contributed by atoms with Gasteiger partial charge in [-0.05, 0) is 56.2 Å². The number of ether oxygens (including phenoxy) is 1. The van der Waals surface area contributed by atoms with Crippen molar-refractivity contribution in [1.82, 2.24) is 5.32 Å². The zero-order valence-electron chi connectivity index (χ0n) is 16.7. The topological polar surface area (TPSA) is 84.5 Å². The van der Waals surface area contributed by atoms with Crippen LogP contribution in [0.15, 0.2) is 42.5 Å². The zero-order chi connectivity index (χ0) is 20.7. The molecule has 2 rings (SSSR count). The number of ketones is 1. The van der Waals surface area contributed by atoms with Crippen molar-refractivity contribution in [3.05, 3.63) is 59.2 Å². The molecule has 0 saturated heterocycles. The number of carbonyl (C=O) groups is 3. The number of benzene rings is 2. The normalized spacial score (nSPS) is 11.4. The number of amides is 2. The van der Waals surface area contributed by atoms with Gasteiger partial charge in [0, 0.05) is 17.7 Å². The Bertz CT molecular complexity index is 839. The third kappa shape index (κ3) is 5.67. The van der Waals surface area contributed by atoms with Crippen LogP contribution >= 0.6 is 0 Å². The number of carbonyl (C=O) groups excluding carboxylic acids is 3. The van der Waals surface area contributed by atoms with E-state index >= 15 is 0 Å². The Labute approximate surface area is 165 Å². The Hall–Kier alpha value is -3.15. The number of hydrogen-bond acceptors (Lipinski definition) is 4. The first-order valence-electron chi connectivity index (χ1n) is 9.25. The maximum absolute atomic E-state index is 12.2. The fourth-order valence-electron chi connectivity index (χ4n) is 2.69. The van der Waals surface area contributed by atoms with Gasteiger partial charge in [0.1, 0.15) is 5.75 Å². The predicted molar refractivity (Wildman–Crippen MR) is 109 cm³/mol. The van der Waals surface area contributed by atoms with Crippen molar-refractivity contribution >= 4 is 23.3 Å². The number of para-hydroxylation sites is 1. The van der Waals surface area contributed by atoms with Gasteiger partial charge in [-0.25, -0.2) is 0 Å². The van der Waals surface area contributed by atoms with Crippen molar-refractivity contribution in [3.8, 4) is 5.75 Å². The molecule has 0 radical (unpaired) electrons. The average molecular weight is 382 g/mol. The summed E-state index contributed by atoms with van der Waals surface area (Å²) in [5, 5.41) is 5.39. The zero-order valence-corrected chi connectivity index (χ0v) is 16.7. The molecule has 148 valence electrons. The second-order valence-corrected chi connectivity index (χ2v) is 6.59. The van der Waals surface area contributed by atoms with Crippen molar-refractivity contribution in [2.24, 2.45) is 0 Å². The molecular weight excluding hydrogens is 356 g/mol. The van der Waals surface area contributed by atoms with E-state index in [0.29, 0.717) is 17.7 Å². The van der Waals surface area contributed by atoms with Crippen molar-refractivity contribution in [2.75, 3.05) is 11.9 Å². The first-order chi connectivity index (χ1) is 13.3. The summed E-state index contributed by atoms with van der Waals surface area (Å²) in [4.78, 5) is 36.0. The molecule has 0 unspecified atom stereocenters. The highest BCUT2D eigenvalue weighted by atomic mass is 16.5. The van der Waals surface area contributed by atoms with Crippen LogP contribution in [0, 0.1) is 13.8 Å². The molecule has 2 amide bonds. The molecule has 0 aliphatic heterocycles. The number of aryl methyl sites for hydroxylation is 2. The summed E-state index contributed by atoms with van der Waals surface area (Å²) in [5.74, 6) is -0.173. The van der Waals surface area contributed by atoms with Crippen LogP contribution in [0.4, 0.5) is 5.69 Å². The molecule has 1 atom stereocenters. The first-order valence-corrected chi connectivity index (χ1v) is 9.25. The van der Waals surface area contributed by atoms with E-state index in [0.717, 1.165) is 16.8 Å². The lowest BCUT2D eigenvalue weighted by atomic mass is 10.1. The Morgan fingerprint density at radius 3 is 2.18 bits per heavy atom. The number of anilines is 1. The molecule has 0 fully saturated rings. The van der Waals surface area contributed by atoms with Crippen LogP contribution in [0.2, 0.25) is 0 Å². The van der Waals surface area contributed by atoms with E-state index in [2.05, 4.69) is 10.6 Å². The summed E-state index contributed by atoms with van der Waals surface area (Å²) in [7, 11) is 0. The minimum atomic E-state index is -0.777. The van der Waals surface area contributed by atoms with E-state index in [-0.39, 0.29) is 18.2 Å². The molecule has 0 aliphatic rings. The molecule has 2 N–H and O–H groups in total. The fourth-order valence-corrected chi connectivity index (χ4v) is 2.69. The summed E-state index contributed by atoms with van der Waals surface area (Å²) in [6, 6.07) is 12.4. The SMILES string of the molecule is CCC(=O)c1ccc(O[C@@H](C)C(=O)NCC(=O)Nc2c(C)cccc2C)cc1. The van der Waals surface area contributed by atoms with Crippen molar-refractivity contribution < 1.29 is 19.1 Å². The number of rotatable bonds is 8. The van der Waals surface area contributed by atoms with E-state index < -0.39 is 12.0 Å². The minimum absolute atomic E-state index is 0.0484. The maximum atomic E-state index is 12.2. The largest absolute Gasteiger partial charge is 0.481 e. The second kappa shape index (κ2) is 9.69. The van der Waals surface area contributed by atoms with Crippen LogP contribution in [0.3, 0.4) is 0 Å². The van der Waals surface area contributed by atoms with Crippen LogP contribution in [-0.2, 0) is 9.59 Å². The van der Waals surface area contributed by atoms with Crippen molar-refractivity contribution in [1.29, 1.82) is 0 Å². The van der Waals surface area contributed by atoms with Gasteiger partial charge in [-0.3, -0.25) is 14.4 Å². The molecule has 6 nitrogen and oxygen atoms in total. The number of Topliss-reactive ketones (excluding diaryl/α,β-unsaturated/α-hetero) is 1. The van der Waals surface area contributed by atoms with Gasteiger partial charge in [-0.2, -0.15) is 0 Å². The van der Waals surface area contributed by atoms with Crippen molar-refractivity contribution in [3.63, 3.8) is 0 Å². The van der Waals surface area contributed by atoms with Crippen LogP contribution in [0.25, 0.3) is 0 Å². The molecule has 0 spiro atoms. The third-order valence-electron chi connectivity index (χ3n) is 4.35. The first kappa shape index (κ1) is 21.2. The van der Waals surface area contributed by atoms with Crippen LogP contribution in [0.5, 0.6) is 5.75 Å². The highest BCUT2D eigenvalue weighted by Gasteiger charge is 2.16. The predicted octanol–water partition coefficient (Wildman–Crippen LogP) is 3.42. The number of nitrogens with one attached hydrogen (secondary N) is 2. The Kier molecular flexibility index (Phi) is 7.32. The smallest absolute Gasteiger partial charge is 0.261 e. The summed E-state index contributed by atoms with van der Waals surface area (Å²) in [6.45, 7) is 7.08. The van der Waals surface area contributed by atoms with E-state index in [9.17, 15) is 14.4 Å². The van der Waals surface area contributed by atoms with Crippen molar-refractivity contribution in [2.45, 2.75) is 40.2 Å². The molecule has 0 heterocycles. The summed E-state index contributed by atoms with van der Waals surface area (Å²) < 4.78 is 5.58. The molecule has 2 aromatic carbocycles. The van der Waals surface area contributed by atoms with Gasteiger partial charge in [0.05, 0.1) is 6.54 Å². The van der Waals surface area contributed by atoms with Crippen LogP contribution in [0.1, 0.15) is 41.8 Å². The fraction of sp³-hybridized carbons (Fsp3) is 0.318. The van der Waals surface area contributed by atoms with Gasteiger partial charge >= 0.3 is 0 Å². The molecule has 6 heteroatoms. The quantitative estimate of drug-likeness (QED) is 0.685. The van der Waals surface area contributed by atoms with Crippen LogP contribution < -0.4 is 15.4 Å². The van der Waals surface area contributed by atoms with Gasteiger partial charge in [0.2, 0.25) is 5.91 Å². The highest BCUT2D eigenvalue weighted by molar-refractivity contribution is 5.96. The van der Waals surface area contributed by atoms with Gasteiger partial charge in [-0.1, -0.05) is 25.1 Å². The standard InChI is InChI=1S/C22H26N2O4/c1-5-19(25)17-9-11-18(12-10-17)28-16(4)22(27)23-13-20(26)24-21-14(2)7-6-8-15(21)3/h6-12,16H,5,13H2,1-4H3,(H,23,27)(H,24,26)/t16-/m0/s1. The summed E-state index contributed by atoms with van der Waals surface area (Å²) in [5.41, 5.74) is 3.28. The molecular formula is C22H26N2O4. The Balaban J connectivity index is 1.85. The van der Waals surface area contributed by atoms with Crippen LogP contribution in [-0.4, -0.2) is 30.2 Å². The molecule has 0 bridgehead atoms. The van der Waals surface area contributed by atoms with E-state index in [1.165, 1.54) is 0 Å². The summed E-state index contributed by atoms with van der Waals surface area (Å²) >= 11 is 0. The van der Waals surface area contributed by atoms with Gasteiger partial charge in [-0.15, -0.1) is 0 Å². The third-order valence-corrected chi connectivity index (χ3v) is 4.35. The molecule has 0 aliphatic carbocycles. The van der Waals surface area contributed by atoms with Gasteiger partial charge in [0.25, 0.3) is 5.91 Å². The minimum Gasteiger partial charge on any atom is -0.481 e. The highest BCUT2D eigenvalue weighted by Crippen LogP contribution is 2.19. The Morgan fingerprint density at radius 1 is 1.00 bits per heavy atom. The lowest BCUT2D eigenvalue weighted by Gasteiger charge is -2.15. The number of hydrogen-bond donors (Lipinski definition) is 2. The maximum Gasteiger partial charge on any atom is 0.261 e. The molecule has 0 saturated carbocycles. The lowest BCUT2D eigenvalue weighted by molar-refractivity contribution is -0.129. The Morgan fingerprint density at radius 2 is 1.61 bits per heavy atom. The van der Waals surface area contributed by atoms with Gasteiger partial charge in [0.15, 0.2) is 11.9 Å². The summed E-state index contributed by atoms with van der Waals surface area (Å²) in [6.07, 6.45) is -0.343. The lowest BCUT2D eigenvalue weighted by Crippen LogP contribution is -2.40. The van der Waals surface area contributed by atoms with E-state index in [4.69, 9.17) is 4.74 Å². The van der Waals surface area contributed by atoms with E-state index in [1.54, 1.807) is 38.1 Å². The second-order valence-electron chi connectivity index (χ2n) is 6.59. The molecule has 28 heavy (non-hydrogen) atoms. The molecule has 0 aromatic heterocycles. The van der Waals surface area contributed by atoms with E-state index in [1.807, 2.05) is 32.0 Å². The van der Waals surface area contributed by atoms with Gasteiger partial charge < -0.3 is 15.4 Å². The average Bonchev–Trinajstić information content (AvgIpc) is 2.69.